The van der Waals surface area contributed by atoms with E-state index in [-0.39, 0.29) is 5.97 Å². The Bertz CT molecular complexity index is 204. The maximum atomic E-state index is 9.75. The molecule has 0 aromatic rings. The Morgan fingerprint density at radius 2 is 1.83 bits per heavy atom. The lowest BCUT2D eigenvalue weighted by molar-refractivity contribution is -0.135. The molecule has 0 unspecified atom stereocenters. The van der Waals surface area contributed by atoms with Crippen molar-refractivity contribution in [3.05, 3.63) is 25.2 Å². The van der Waals surface area contributed by atoms with Crippen molar-refractivity contribution in [2.75, 3.05) is 0 Å². The van der Waals surface area contributed by atoms with Gasteiger partial charge in [-0.2, -0.15) is 0 Å². The van der Waals surface area contributed by atoms with Crippen LogP contribution < -0.4 is 0 Å². The molecule has 0 aliphatic carbocycles. The molecule has 0 aliphatic heterocycles. The van der Waals surface area contributed by atoms with E-state index in [1.54, 1.807) is 0 Å². The molecule has 0 radical (unpaired) electrons. The van der Waals surface area contributed by atoms with Gasteiger partial charge in [0.25, 0.3) is 0 Å². The van der Waals surface area contributed by atoms with Gasteiger partial charge in [-0.15, -0.1) is 0 Å². The van der Waals surface area contributed by atoms with Crippen molar-refractivity contribution in [1.29, 1.82) is 0 Å². The summed E-state index contributed by atoms with van der Waals surface area (Å²) in [5.74, 6) is 0.275. The van der Waals surface area contributed by atoms with E-state index in [1.165, 1.54) is 6.92 Å². The van der Waals surface area contributed by atoms with Crippen LogP contribution in [0.5, 0.6) is 0 Å². The van der Waals surface area contributed by atoms with Crippen molar-refractivity contribution >= 4 is 13.6 Å². The highest BCUT2D eigenvalue weighted by Gasteiger charge is 2.00. The Morgan fingerprint density at radius 1 is 1.50 bits per heavy atom. The lowest BCUT2D eigenvalue weighted by Gasteiger charge is -1.87. The van der Waals surface area contributed by atoms with Gasteiger partial charge >= 0.3 is 13.6 Å². The van der Waals surface area contributed by atoms with Crippen molar-refractivity contribution in [3.8, 4) is 0 Å². The fourth-order valence-electron chi connectivity index (χ4n) is 0.117. The quantitative estimate of drug-likeness (QED) is 0.389. The SMILES string of the molecule is C=COC(C)=O.C=CP(=O)(O)O. The van der Waals surface area contributed by atoms with Crippen LogP contribution in [-0.4, -0.2) is 15.8 Å². The van der Waals surface area contributed by atoms with Crippen molar-refractivity contribution in [1.82, 2.24) is 0 Å². The Kier molecular flexibility index (Phi) is 7.73. The Balaban J connectivity index is 0. The topological polar surface area (TPSA) is 83.8 Å². The average molecular weight is 194 g/mol. The van der Waals surface area contributed by atoms with Gasteiger partial charge in [-0.1, -0.05) is 13.2 Å². The highest BCUT2D eigenvalue weighted by atomic mass is 31.2. The van der Waals surface area contributed by atoms with Crippen LogP contribution in [0.25, 0.3) is 0 Å². The van der Waals surface area contributed by atoms with E-state index in [1.807, 2.05) is 0 Å². The molecule has 70 valence electrons. The molecule has 0 atom stereocenters. The molecule has 5 nitrogen and oxygen atoms in total. The van der Waals surface area contributed by atoms with Gasteiger partial charge in [0.05, 0.1) is 6.26 Å². The van der Waals surface area contributed by atoms with Gasteiger partial charge in [0, 0.05) is 12.7 Å². The first-order valence-electron chi connectivity index (χ1n) is 2.80. The molecule has 0 heterocycles. The minimum atomic E-state index is -3.88. The Labute approximate surface area is 70.5 Å². The molecule has 0 amide bonds. The minimum absolute atomic E-state index is 0.329. The molecule has 2 N–H and O–H groups in total. The molecule has 0 spiro atoms. The monoisotopic (exact) mass is 194 g/mol. The van der Waals surface area contributed by atoms with E-state index >= 15 is 0 Å². The van der Waals surface area contributed by atoms with Crippen LogP contribution in [0.3, 0.4) is 0 Å². The molecule has 6 heteroatoms. The first kappa shape index (κ1) is 13.7. The zero-order valence-corrected chi connectivity index (χ0v) is 7.53. The molecular formula is C6H11O5P. The third-order valence-corrected chi connectivity index (χ3v) is 0.963. The fraction of sp³-hybridized carbons (Fsp3) is 0.167. The summed E-state index contributed by atoms with van der Waals surface area (Å²) in [6.45, 7) is 7.35. The van der Waals surface area contributed by atoms with E-state index in [9.17, 15) is 9.36 Å². The summed E-state index contributed by atoms with van der Waals surface area (Å²) in [6, 6.07) is 0. The summed E-state index contributed by atoms with van der Waals surface area (Å²) in [5.41, 5.74) is 0. The predicted molar refractivity (Wildman–Crippen MR) is 44.2 cm³/mol. The molecule has 0 bridgehead atoms. The summed E-state index contributed by atoms with van der Waals surface area (Å²) in [7, 11) is -3.88. The molecule has 0 saturated carbocycles. The van der Waals surface area contributed by atoms with Crippen LogP contribution in [0.1, 0.15) is 6.92 Å². The third-order valence-electron chi connectivity index (χ3n) is 0.487. The number of hydrogen-bond donors (Lipinski definition) is 2. The lowest BCUT2D eigenvalue weighted by atomic mass is 10.8. The number of hydrogen-bond acceptors (Lipinski definition) is 3. The zero-order chi connectivity index (χ0) is 10.2. The summed E-state index contributed by atoms with van der Waals surface area (Å²) < 4.78 is 13.7. The van der Waals surface area contributed by atoms with Crippen LogP contribution in [0.4, 0.5) is 0 Å². The molecular weight excluding hydrogens is 183 g/mol. The third kappa shape index (κ3) is 23.0. The predicted octanol–water partition coefficient (Wildman–Crippen LogP) is 1.00. The number of carbonyl (C=O) groups excluding carboxylic acids is 1. The van der Waals surface area contributed by atoms with Crippen LogP contribution in [-0.2, 0) is 14.1 Å². The van der Waals surface area contributed by atoms with E-state index in [0.29, 0.717) is 5.82 Å². The van der Waals surface area contributed by atoms with Crippen molar-refractivity contribution in [2.45, 2.75) is 6.92 Å². The molecule has 12 heavy (non-hydrogen) atoms. The highest BCUT2D eigenvalue weighted by Crippen LogP contribution is 2.34. The molecule has 0 rings (SSSR count). The lowest BCUT2D eigenvalue weighted by Crippen LogP contribution is -1.87. The maximum absolute atomic E-state index is 9.75. The largest absolute Gasteiger partial charge is 0.435 e. The van der Waals surface area contributed by atoms with Crippen molar-refractivity contribution in [2.24, 2.45) is 0 Å². The average Bonchev–Trinajstić information content (AvgIpc) is 1.87. The second-order valence-corrected chi connectivity index (χ2v) is 3.09. The van der Waals surface area contributed by atoms with Gasteiger partial charge in [-0.3, -0.25) is 9.36 Å². The molecule has 0 aliphatic rings. The molecule has 0 aromatic heterocycles. The fourth-order valence-corrected chi connectivity index (χ4v) is 0.117. The van der Waals surface area contributed by atoms with Crippen LogP contribution in [0.2, 0.25) is 0 Å². The van der Waals surface area contributed by atoms with Crippen LogP contribution in [0, 0.1) is 0 Å². The van der Waals surface area contributed by atoms with Gasteiger partial charge < -0.3 is 14.5 Å². The maximum Gasteiger partial charge on any atom is 0.348 e. The van der Waals surface area contributed by atoms with Gasteiger partial charge in [-0.05, 0) is 0 Å². The summed E-state index contributed by atoms with van der Waals surface area (Å²) in [5, 5.41) is 0. The summed E-state index contributed by atoms with van der Waals surface area (Å²) in [4.78, 5) is 25.4. The van der Waals surface area contributed by atoms with E-state index < -0.39 is 7.60 Å². The standard InChI is InChI=1S/C4H6O2.C2H5O3P/c1-3-6-4(2)5;1-2-6(3,4)5/h3H,1H2,2H3;2H,1H2,(H2,3,4,5). The zero-order valence-electron chi connectivity index (χ0n) is 6.64. The second-order valence-electron chi connectivity index (χ2n) is 1.55. The van der Waals surface area contributed by atoms with Gasteiger partial charge in [0.2, 0.25) is 0 Å². The smallest absolute Gasteiger partial charge is 0.348 e. The number of carbonyl (C=O) groups is 1. The molecule has 0 fully saturated rings. The number of esters is 1. The van der Waals surface area contributed by atoms with Gasteiger partial charge in [0.1, 0.15) is 0 Å². The van der Waals surface area contributed by atoms with Crippen molar-refractivity contribution < 1.29 is 23.9 Å². The molecule has 0 saturated heterocycles. The first-order valence-corrected chi connectivity index (χ1v) is 4.48. The highest BCUT2D eigenvalue weighted by molar-refractivity contribution is 7.55. The summed E-state index contributed by atoms with van der Waals surface area (Å²) >= 11 is 0. The van der Waals surface area contributed by atoms with Gasteiger partial charge in [0.15, 0.2) is 0 Å². The normalized spacial score (nSPS) is 8.92. The second kappa shape index (κ2) is 6.79. The Hall–Kier alpha value is -0.900. The number of rotatable bonds is 2. The summed E-state index contributed by atoms with van der Waals surface area (Å²) in [6.07, 6.45) is 1.10. The first-order chi connectivity index (χ1) is 5.33. The van der Waals surface area contributed by atoms with E-state index in [0.717, 1.165) is 6.26 Å². The molecule has 0 aromatic carbocycles. The van der Waals surface area contributed by atoms with E-state index in [2.05, 4.69) is 17.9 Å². The Morgan fingerprint density at radius 3 is 1.83 bits per heavy atom. The van der Waals surface area contributed by atoms with Crippen LogP contribution in [0.15, 0.2) is 25.2 Å². The van der Waals surface area contributed by atoms with Crippen molar-refractivity contribution in [3.63, 3.8) is 0 Å². The van der Waals surface area contributed by atoms with Crippen LogP contribution >= 0.6 is 7.60 Å². The minimum Gasteiger partial charge on any atom is -0.435 e. The van der Waals surface area contributed by atoms with Gasteiger partial charge in [-0.25, -0.2) is 0 Å². The van der Waals surface area contributed by atoms with E-state index in [4.69, 9.17) is 9.79 Å². The number of ether oxygens (including phenoxy) is 1.